The normalized spacial score (nSPS) is 29.5. The number of piperazine rings is 3. The molecule has 110 valence electrons. The van der Waals surface area contributed by atoms with E-state index in [1.807, 2.05) is 30.3 Å². The highest BCUT2D eigenvalue weighted by Gasteiger charge is 2.36. The third kappa shape index (κ3) is 2.35. The van der Waals surface area contributed by atoms with Crippen LogP contribution in [0.25, 0.3) is 0 Å². The number of nitrogens with zero attached hydrogens (tertiary/aromatic N) is 4. The van der Waals surface area contributed by atoms with E-state index in [0.29, 0.717) is 5.89 Å². The summed E-state index contributed by atoms with van der Waals surface area (Å²) in [5.41, 5.74) is 7.20. The Morgan fingerprint density at radius 2 is 1.90 bits per heavy atom. The summed E-state index contributed by atoms with van der Waals surface area (Å²) < 4.78 is 5.41. The van der Waals surface area contributed by atoms with Crippen molar-refractivity contribution < 1.29 is 4.52 Å². The smallest absolute Gasteiger partial charge is 0.248 e. The van der Waals surface area contributed by atoms with E-state index in [-0.39, 0.29) is 12.1 Å². The zero-order valence-corrected chi connectivity index (χ0v) is 11.9. The molecule has 1 aromatic heterocycles. The highest BCUT2D eigenvalue weighted by atomic mass is 16.5. The van der Waals surface area contributed by atoms with Gasteiger partial charge in [-0.05, 0) is 5.56 Å². The minimum atomic E-state index is -0.358. The lowest BCUT2D eigenvalue weighted by Gasteiger charge is -2.46. The molecule has 2 N–H and O–H groups in total. The lowest BCUT2D eigenvalue weighted by atomic mass is 10.1. The van der Waals surface area contributed by atoms with Crippen molar-refractivity contribution in [2.75, 3.05) is 32.7 Å². The van der Waals surface area contributed by atoms with Crippen LogP contribution in [0.15, 0.2) is 34.9 Å². The molecule has 0 radical (unpaired) electrons. The monoisotopic (exact) mass is 285 g/mol. The van der Waals surface area contributed by atoms with Gasteiger partial charge in [0.2, 0.25) is 5.89 Å². The highest BCUT2D eigenvalue weighted by Crippen LogP contribution is 2.28. The molecule has 2 bridgehead atoms. The number of fused-ring (bicyclic) bond motifs is 3. The third-order valence-corrected chi connectivity index (χ3v) is 4.46. The van der Waals surface area contributed by atoms with E-state index >= 15 is 0 Å². The van der Waals surface area contributed by atoms with Crippen molar-refractivity contribution in [2.45, 2.75) is 12.1 Å². The average molecular weight is 285 g/mol. The second kappa shape index (κ2) is 5.22. The summed E-state index contributed by atoms with van der Waals surface area (Å²) in [5, 5.41) is 4.17. The third-order valence-electron chi connectivity index (χ3n) is 4.46. The molecular weight excluding hydrogens is 266 g/mol. The van der Waals surface area contributed by atoms with Crippen LogP contribution < -0.4 is 5.73 Å². The second-order valence-electron chi connectivity index (χ2n) is 5.73. The Morgan fingerprint density at radius 3 is 2.57 bits per heavy atom. The van der Waals surface area contributed by atoms with Crippen molar-refractivity contribution in [1.29, 1.82) is 0 Å². The van der Waals surface area contributed by atoms with Crippen LogP contribution in [0.5, 0.6) is 0 Å². The molecule has 3 saturated heterocycles. The first kappa shape index (κ1) is 12.9. The molecule has 0 aliphatic carbocycles. The topological polar surface area (TPSA) is 71.4 Å². The maximum Gasteiger partial charge on any atom is 0.248 e. The summed E-state index contributed by atoms with van der Waals surface area (Å²) in [4.78, 5) is 9.45. The number of hydrogen-bond donors (Lipinski definition) is 1. The first-order valence-electron chi connectivity index (χ1n) is 7.42. The molecule has 0 spiro atoms. The zero-order valence-electron chi connectivity index (χ0n) is 11.9. The molecule has 2 aromatic rings. The number of aromatic nitrogens is 2. The number of benzene rings is 1. The first-order valence-corrected chi connectivity index (χ1v) is 7.42. The van der Waals surface area contributed by atoms with Gasteiger partial charge < -0.3 is 10.3 Å². The fraction of sp³-hybridized carbons (Fsp3) is 0.467. The summed E-state index contributed by atoms with van der Waals surface area (Å²) in [6, 6.07) is 9.74. The van der Waals surface area contributed by atoms with Crippen molar-refractivity contribution in [1.82, 2.24) is 19.9 Å². The van der Waals surface area contributed by atoms with Crippen LogP contribution in [-0.2, 0) is 0 Å². The van der Waals surface area contributed by atoms with Crippen LogP contribution in [0.4, 0.5) is 0 Å². The molecule has 1 unspecified atom stereocenters. The Bertz CT molecular complexity index is 606. The van der Waals surface area contributed by atoms with Crippen molar-refractivity contribution in [3.05, 3.63) is 47.6 Å². The van der Waals surface area contributed by atoms with Crippen LogP contribution >= 0.6 is 0 Å². The van der Waals surface area contributed by atoms with E-state index in [1.165, 1.54) is 0 Å². The van der Waals surface area contributed by atoms with Crippen molar-refractivity contribution in [3.63, 3.8) is 0 Å². The minimum absolute atomic E-state index is 0.243. The summed E-state index contributed by atoms with van der Waals surface area (Å²) >= 11 is 0. The fourth-order valence-electron chi connectivity index (χ4n) is 3.17. The van der Waals surface area contributed by atoms with Gasteiger partial charge in [0, 0.05) is 32.7 Å². The lowest BCUT2D eigenvalue weighted by molar-refractivity contribution is 0.00781. The maximum atomic E-state index is 6.21. The molecule has 3 aliphatic heterocycles. The predicted octanol–water partition coefficient (Wildman–Crippen LogP) is 0.790. The number of rotatable bonds is 3. The molecule has 2 atom stereocenters. The molecule has 3 aliphatic rings. The summed E-state index contributed by atoms with van der Waals surface area (Å²) in [5.74, 6) is 1.26. The number of hydrogen-bond acceptors (Lipinski definition) is 6. The van der Waals surface area contributed by atoms with Gasteiger partial charge >= 0.3 is 0 Å². The number of nitrogens with two attached hydrogens (primary N) is 1. The van der Waals surface area contributed by atoms with Gasteiger partial charge in [-0.1, -0.05) is 35.5 Å². The molecule has 21 heavy (non-hydrogen) atoms. The van der Waals surface area contributed by atoms with E-state index in [2.05, 4.69) is 19.9 Å². The predicted molar refractivity (Wildman–Crippen MR) is 77.5 cm³/mol. The average Bonchev–Trinajstić information content (AvgIpc) is 3.06. The molecule has 5 rings (SSSR count). The van der Waals surface area contributed by atoms with Gasteiger partial charge in [-0.25, -0.2) is 0 Å². The first-order chi connectivity index (χ1) is 10.3. The molecule has 1 aromatic carbocycles. The molecule has 6 nitrogen and oxygen atoms in total. The quantitative estimate of drug-likeness (QED) is 0.899. The molecule has 0 saturated carbocycles. The van der Waals surface area contributed by atoms with Crippen LogP contribution in [0.2, 0.25) is 0 Å². The highest BCUT2D eigenvalue weighted by molar-refractivity contribution is 5.23. The molecule has 0 amide bonds. The zero-order chi connectivity index (χ0) is 14.2. The Balaban J connectivity index is 1.56. The van der Waals surface area contributed by atoms with Gasteiger partial charge in [-0.3, -0.25) is 9.80 Å². The Morgan fingerprint density at radius 1 is 1.14 bits per heavy atom. The Kier molecular flexibility index (Phi) is 3.21. The lowest BCUT2D eigenvalue weighted by Crippen LogP contribution is -2.57. The molecule has 4 heterocycles. The molecule has 3 fully saturated rings. The van der Waals surface area contributed by atoms with Crippen molar-refractivity contribution >= 4 is 0 Å². The van der Waals surface area contributed by atoms with Crippen LogP contribution in [0.3, 0.4) is 0 Å². The van der Waals surface area contributed by atoms with Gasteiger partial charge in [0.05, 0.1) is 6.04 Å². The SMILES string of the molecule is N[C@H](c1ccccc1)c1nc(C2CN3CCN2CC3)no1. The van der Waals surface area contributed by atoms with E-state index in [4.69, 9.17) is 10.3 Å². The maximum absolute atomic E-state index is 6.21. The van der Waals surface area contributed by atoms with Gasteiger partial charge in [-0.2, -0.15) is 4.98 Å². The van der Waals surface area contributed by atoms with E-state index < -0.39 is 0 Å². The van der Waals surface area contributed by atoms with Crippen LogP contribution in [-0.4, -0.2) is 52.7 Å². The second-order valence-corrected chi connectivity index (χ2v) is 5.73. The summed E-state index contributed by atoms with van der Waals surface area (Å²) in [6.07, 6.45) is 0. The van der Waals surface area contributed by atoms with Crippen LogP contribution in [0.1, 0.15) is 29.4 Å². The van der Waals surface area contributed by atoms with Crippen molar-refractivity contribution in [3.8, 4) is 0 Å². The van der Waals surface area contributed by atoms with E-state index in [0.717, 1.165) is 44.1 Å². The Labute approximate surface area is 123 Å². The Hall–Kier alpha value is -1.76. The van der Waals surface area contributed by atoms with E-state index in [1.54, 1.807) is 0 Å². The fourth-order valence-corrected chi connectivity index (χ4v) is 3.17. The largest absolute Gasteiger partial charge is 0.337 e. The van der Waals surface area contributed by atoms with Gasteiger partial charge in [0.1, 0.15) is 6.04 Å². The molecule has 6 heteroatoms. The van der Waals surface area contributed by atoms with Gasteiger partial charge in [0.15, 0.2) is 5.82 Å². The standard InChI is InChI=1S/C15H19N5O/c16-13(11-4-2-1-3-5-11)15-17-14(18-21-15)12-10-19-6-8-20(12)9-7-19/h1-5,12-13H,6-10,16H2/t12?,13-/m1/s1. The van der Waals surface area contributed by atoms with Crippen molar-refractivity contribution in [2.24, 2.45) is 5.73 Å². The van der Waals surface area contributed by atoms with Gasteiger partial charge in [-0.15, -0.1) is 0 Å². The summed E-state index contributed by atoms with van der Waals surface area (Å²) in [6.45, 7) is 5.44. The summed E-state index contributed by atoms with van der Waals surface area (Å²) in [7, 11) is 0. The van der Waals surface area contributed by atoms with Gasteiger partial charge in [0.25, 0.3) is 0 Å². The van der Waals surface area contributed by atoms with E-state index in [9.17, 15) is 0 Å². The van der Waals surface area contributed by atoms with Crippen LogP contribution in [0, 0.1) is 0 Å². The molecular formula is C15H19N5O. The minimum Gasteiger partial charge on any atom is -0.337 e.